The van der Waals surface area contributed by atoms with Gasteiger partial charge in [-0.05, 0) is 59.1 Å². The fourth-order valence-electron chi connectivity index (χ4n) is 4.61. The van der Waals surface area contributed by atoms with Gasteiger partial charge in [-0.15, -0.1) is 9.36 Å². The summed E-state index contributed by atoms with van der Waals surface area (Å²) in [6.45, 7) is 0. The van der Waals surface area contributed by atoms with Gasteiger partial charge in [-0.2, -0.15) is 0 Å². The maximum atomic E-state index is 5.64. The van der Waals surface area contributed by atoms with Crippen LogP contribution in [-0.4, -0.2) is 33.8 Å². The van der Waals surface area contributed by atoms with Gasteiger partial charge in [0.25, 0.3) is 0 Å². The van der Waals surface area contributed by atoms with Crippen LogP contribution < -0.4 is 18.6 Å². The maximum absolute atomic E-state index is 5.64. The summed E-state index contributed by atoms with van der Waals surface area (Å²) >= 11 is 0. The molecule has 0 aliphatic carbocycles. The lowest BCUT2D eigenvalue weighted by Gasteiger charge is -2.10. The predicted octanol–water partition coefficient (Wildman–Crippen LogP) is 6.29. The molecule has 232 valence electrons. The molecule has 0 saturated heterocycles. The van der Waals surface area contributed by atoms with E-state index in [2.05, 4.69) is 42.8 Å². The Balaban J connectivity index is 0.00000323. The van der Waals surface area contributed by atoms with Crippen molar-refractivity contribution in [1.29, 1.82) is 0 Å². The molecule has 4 rings (SSSR count). The van der Waals surface area contributed by atoms with Crippen molar-refractivity contribution < 1.29 is 18.6 Å². The highest BCUT2D eigenvalue weighted by molar-refractivity contribution is 5.48. The van der Waals surface area contributed by atoms with Crippen LogP contribution in [-0.2, 0) is 41.0 Å². The molecule has 0 saturated carbocycles. The van der Waals surface area contributed by atoms with Crippen LogP contribution in [0.25, 0.3) is 0 Å². The summed E-state index contributed by atoms with van der Waals surface area (Å²) in [5.41, 5.74) is 3.88. The van der Waals surface area contributed by atoms with Gasteiger partial charge in [0, 0.05) is 22.4 Å². The largest absolute Gasteiger partial charge is 0.496 e. The standard InChI is InChI=1S/C29H40N10O2.2CH3/c1-36-20-30-38(3)28(36)34-32-24-16-14-22(26(18-24)40-5)12-10-8-7-9-11-13-23-15-17-25(19-27(23)41-6)33-35-29-37(2)21-31-39(29)4;;/h14-21H,7-13H2,1-6H3;2*1H3/q+2;2*-1. The topological polar surface area (TPSA) is 111 Å². The molecule has 0 unspecified atom stereocenters. The molecule has 0 spiro atoms. The molecule has 2 heterocycles. The number of aryl methyl sites for hydroxylation is 6. The van der Waals surface area contributed by atoms with Gasteiger partial charge in [-0.25, -0.2) is 9.13 Å². The molecule has 0 aliphatic rings. The van der Waals surface area contributed by atoms with Crippen molar-refractivity contribution in [2.24, 2.45) is 48.6 Å². The summed E-state index contributed by atoms with van der Waals surface area (Å²) in [6, 6.07) is 12.0. The fraction of sp³-hybridized carbons (Fsp3) is 0.419. The van der Waals surface area contributed by atoms with Gasteiger partial charge in [0.15, 0.2) is 0 Å². The van der Waals surface area contributed by atoms with E-state index in [0.717, 1.165) is 48.6 Å². The van der Waals surface area contributed by atoms with Crippen LogP contribution in [0.2, 0.25) is 0 Å². The second-order valence-corrected chi connectivity index (χ2v) is 9.99. The molecule has 0 atom stereocenters. The van der Waals surface area contributed by atoms with Crippen LogP contribution in [0.5, 0.6) is 11.5 Å². The number of unbranched alkanes of at least 4 members (excludes halogenated alkanes) is 4. The third-order valence-corrected chi connectivity index (χ3v) is 6.95. The summed E-state index contributed by atoms with van der Waals surface area (Å²) < 4.78 is 18.3. The lowest BCUT2D eigenvalue weighted by Crippen LogP contribution is -2.25. The fourth-order valence-corrected chi connectivity index (χ4v) is 4.61. The number of azo groups is 2. The van der Waals surface area contributed by atoms with Crippen molar-refractivity contribution in [2.75, 3.05) is 14.2 Å². The van der Waals surface area contributed by atoms with Crippen LogP contribution >= 0.6 is 0 Å². The Kier molecular flexibility index (Phi) is 13.6. The van der Waals surface area contributed by atoms with E-state index in [-0.39, 0.29) is 14.9 Å². The first-order valence-corrected chi connectivity index (χ1v) is 13.8. The molecule has 0 aliphatic heterocycles. The molecule has 43 heavy (non-hydrogen) atoms. The predicted molar refractivity (Wildman–Crippen MR) is 166 cm³/mol. The molecule has 4 aromatic rings. The third-order valence-electron chi connectivity index (χ3n) is 6.95. The highest BCUT2D eigenvalue weighted by atomic mass is 16.5. The number of methoxy groups -OCH3 is 2. The van der Waals surface area contributed by atoms with Gasteiger partial charge < -0.3 is 24.3 Å². The number of benzene rings is 2. The van der Waals surface area contributed by atoms with E-state index in [4.69, 9.17) is 9.47 Å². The Hall–Kier alpha value is -4.48. The molecule has 0 N–H and O–H groups in total. The number of hydrogen-bond acceptors (Lipinski definition) is 8. The van der Waals surface area contributed by atoms with Gasteiger partial charge >= 0.3 is 11.9 Å². The SMILES string of the molecule is COc1cc(N=Nc2n(C)nc[n+]2C)ccc1CCCCCCCc1ccc(N=Nc2n(C)nc[n+]2C)cc1OC.[CH3-].[CH3-]. The van der Waals surface area contributed by atoms with E-state index >= 15 is 0 Å². The van der Waals surface area contributed by atoms with E-state index in [0.29, 0.717) is 11.9 Å². The smallest absolute Gasteiger partial charge is 0.403 e. The summed E-state index contributed by atoms with van der Waals surface area (Å²) in [7, 11) is 10.9. The molecular weight excluding hydrogens is 544 g/mol. The first-order chi connectivity index (χ1) is 19.9. The Bertz CT molecular complexity index is 1360. The quantitative estimate of drug-likeness (QED) is 0.0744. The van der Waals surface area contributed by atoms with Crippen molar-refractivity contribution in [3.8, 4) is 11.5 Å². The van der Waals surface area contributed by atoms with Crippen molar-refractivity contribution in [1.82, 2.24) is 19.6 Å². The van der Waals surface area contributed by atoms with Crippen LogP contribution in [0.3, 0.4) is 0 Å². The average Bonchev–Trinajstić information content (AvgIpc) is 3.48. The van der Waals surface area contributed by atoms with Gasteiger partial charge in [0.05, 0.1) is 42.4 Å². The highest BCUT2D eigenvalue weighted by Gasteiger charge is 2.13. The van der Waals surface area contributed by atoms with Crippen molar-refractivity contribution in [3.63, 3.8) is 0 Å². The summed E-state index contributed by atoms with van der Waals surface area (Å²) in [5.74, 6) is 3.03. The first-order valence-electron chi connectivity index (χ1n) is 13.8. The van der Waals surface area contributed by atoms with Gasteiger partial charge in [-0.1, -0.05) is 41.6 Å². The molecule has 2 aromatic carbocycles. The monoisotopic (exact) mass is 590 g/mol. The number of ether oxygens (including phenoxy) is 2. The Labute approximate surface area is 255 Å². The zero-order valence-electron chi connectivity index (χ0n) is 26.9. The highest BCUT2D eigenvalue weighted by Crippen LogP contribution is 2.29. The molecule has 12 nitrogen and oxygen atoms in total. The van der Waals surface area contributed by atoms with E-state index in [1.54, 1.807) is 36.2 Å². The van der Waals surface area contributed by atoms with E-state index < -0.39 is 0 Å². The lowest BCUT2D eigenvalue weighted by molar-refractivity contribution is -0.659. The van der Waals surface area contributed by atoms with E-state index in [9.17, 15) is 0 Å². The number of rotatable bonds is 14. The van der Waals surface area contributed by atoms with Crippen LogP contribution in [0.15, 0.2) is 69.5 Å². The minimum Gasteiger partial charge on any atom is -0.496 e. The zero-order chi connectivity index (χ0) is 29.2. The Morgan fingerprint density at radius 3 is 1.37 bits per heavy atom. The Morgan fingerprint density at radius 1 is 0.628 bits per heavy atom. The normalized spacial score (nSPS) is 11.1. The lowest BCUT2D eigenvalue weighted by atomic mass is 10.0. The Morgan fingerprint density at radius 2 is 1.02 bits per heavy atom. The molecular formula is C31H46N10O2. The molecule has 2 aromatic heterocycles. The van der Waals surface area contributed by atoms with Crippen LogP contribution in [0.1, 0.15) is 43.2 Å². The van der Waals surface area contributed by atoms with Gasteiger partial charge in [-0.3, -0.25) is 0 Å². The minimum atomic E-state index is 0. The maximum Gasteiger partial charge on any atom is 0.403 e. The van der Waals surface area contributed by atoms with Crippen molar-refractivity contribution in [2.45, 2.75) is 44.9 Å². The van der Waals surface area contributed by atoms with Crippen molar-refractivity contribution in [3.05, 3.63) is 75.0 Å². The van der Waals surface area contributed by atoms with E-state index in [1.165, 1.54) is 30.4 Å². The number of nitrogens with zero attached hydrogens (tertiary/aromatic N) is 10. The number of aromatic nitrogens is 6. The van der Waals surface area contributed by atoms with Gasteiger partial charge in [0.1, 0.15) is 22.9 Å². The first kappa shape index (κ1) is 34.7. The molecule has 0 bridgehead atoms. The second-order valence-electron chi connectivity index (χ2n) is 9.99. The second kappa shape index (κ2) is 16.8. The molecule has 12 heteroatoms. The molecule has 0 amide bonds. The van der Waals surface area contributed by atoms with Gasteiger partial charge in [0.2, 0.25) is 12.7 Å². The summed E-state index contributed by atoms with van der Waals surface area (Å²) in [5, 5.41) is 25.7. The van der Waals surface area contributed by atoms with E-state index in [1.807, 2.05) is 61.6 Å². The summed E-state index contributed by atoms with van der Waals surface area (Å²) in [4.78, 5) is 0. The van der Waals surface area contributed by atoms with Crippen molar-refractivity contribution >= 4 is 23.3 Å². The number of hydrogen-bond donors (Lipinski definition) is 0. The molecule has 0 fully saturated rings. The minimum absolute atomic E-state index is 0. The zero-order valence-corrected chi connectivity index (χ0v) is 26.9. The van der Waals surface area contributed by atoms with Crippen LogP contribution in [0, 0.1) is 14.9 Å². The van der Waals surface area contributed by atoms with Crippen LogP contribution in [0.4, 0.5) is 23.3 Å². The molecule has 0 radical (unpaired) electrons. The third kappa shape index (κ3) is 9.25. The summed E-state index contributed by atoms with van der Waals surface area (Å²) in [6.07, 6.45) is 11.1. The average molecular weight is 591 g/mol.